The second-order valence-corrected chi connectivity index (χ2v) is 9.55. The summed E-state index contributed by atoms with van der Waals surface area (Å²) in [6.45, 7) is 4.60. The molecule has 0 saturated carbocycles. The topological polar surface area (TPSA) is 175 Å². The number of nitrogens with zero attached hydrogens (tertiary/aromatic N) is 1. The number of pyridine rings is 1. The molecule has 0 spiro atoms. The number of carbonyl (C=O) groups excluding carboxylic acids is 2. The SMILES string of the molecule is CC(=O)c1ccc(Cl)cc1-c1cc(=O)n(CC(=O)Nc2ccc(C)cc2)cc1OC(O)(O)O.Cc1ccccc1.O=CO. The summed E-state index contributed by atoms with van der Waals surface area (Å²) in [5.41, 5.74) is 2.52. The maximum atomic E-state index is 12.8. The summed E-state index contributed by atoms with van der Waals surface area (Å²) >= 11 is 6.05. The number of ketones is 1. The van der Waals surface area contributed by atoms with E-state index in [0.717, 1.165) is 22.4 Å². The molecule has 0 aliphatic carbocycles. The van der Waals surface area contributed by atoms with E-state index in [1.54, 1.807) is 12.1 Å². The quantitative estimate of drug-likeness (QED) is 0.118. The van der Waals surface area contributed by atoms with Gasteiger partial charge in [0.25, 0.3) is 12.0 Å². The highest BCUT2D eigenvalue weighted by Crippen LogP contribution is 2.34. The molecule has 0 atom stereocenters. The summed E-state index contributed by atoms with van der Waals surface area (Å²) in [6.07, 6.45) is -2.56. The third-order valence-corrected chi connectivity index (χ3v) is 5.81. The van der Waals surface area contributed by atoms with Crippen LogP contribution in [0.15, 0.2) is 89.9 Å². The van der Waals surface area contributed by atoms with Crippen LogP contribution < -0.4 is 15.6 Å². The predicted octanol–water partition coefficient (Wildman–Crippen LogP) is 3.98. The number of nitrogens with one attached hydrogen (secondary N) is 1. The molecule has 1 heterocycles. The standard InChI is InChI=1S/C23H21ClN2O7.C7H8.CH2O2/c1-13-3-6-16(7-4-13)25-21(28)12-26-11-20(33-23(30,31)32)19(10-22(26)29)18-9-15(24)5-8-17(18)14(2)27;1-7-5-3-2-4-6-7;2-1-3/h3-11,30-32H,12H2,1-2H3,(H,25,28);2-6H,1H3;1H,(H,2,3). The van der Waals surface area contributed by atoms with Gasteiger partial charge in [0, 0.05) is 27.9 Å². The molecule has 4 rings (SSSR count). The molecule has 12 heteroatoms. The van der Waals surface area contributed by atoms with E-state index in [1.807, 2.05) is 37.3 Å². The minimum absolute atomic E-state index is 0.0376. The fraction of sp³-hybridized carbons (Fsp3) is 0.161. The number of carboxylic acid groups (broad SMARTS) is 1. The van der Waals surface area contributed by atoms with Crippen molar-refractivity contribution in [2.45, 2.75) is 33.5 Å². The largest absolute Gasteiger partial charge is 0.483 e. The van der Waals surface area contributed by atoms with Crippen molar-refractivity contribution >= 4 is 35.5 Å². The van der Waals surface area contributed by atoms with E-state index in [2.05, 4.69) is 24.4 Å². The van der Waals surface area contributed by atoms with Crippen molar-refractivity contribution < 1.29 is 39.5 Å². The van der Waals surface area contributed by atoms with Crippen LogP contribution in [0.3, 0.4) is 0 Å². The molecule has 43 heavy (non-hydrogen) atoms. The lowest BCUT2D eigenvalue weighted by molar-refractivity contribution is -0.419. The highest BCUT2D eigenvalue weighted by atomic mass is 35.5. The number of carbonyl (C=O) groups is 3. The van der Waals surface area contributed by atoms with Gasteiger partial charge in [-0.2, -0.15) is 0 Å². The molecule has 0 unspecified atom stereocenters. The average Bonchev–Trinajstić information content (AvgIpc) is 2.92. The Morgan fingerprint density at radius 1 is 0.930 bits per heavy atom. The van der Waals surface area contributed by atoms with Crippen molar-refractivity contribution in [2.24, 2.45) is 0 Å². The van der Waals surface area contributed by atoms with Gasteiger partial charge in [-0.05, 0) is 56.7 Å². The van der Waals surface area contributed by atoms with Crippen LogP contribution in [-0.2, 0) is 16.1 Å². The van der Waals surface area contributed by atoms with Gasteiger partial charge in [0.2, 0.25) is 5.91 Å². The van der Waals surface area contributed by atoms with E-state index >= 15 is 0 Å². The van der Waals surface area contributed by atoms with Crippen molar-refractivity contribution in [1.82, 2.24) is 4.57 Å². The van der Waals surface area contributed by atoms with Gasteiger partial charge in [-0.15, -0.1) is 0 Å². The summed E-state index contributed by atoms with van der Waals surface area (Å²) in [4.78, 5) is 45.6. The molecule has 0 radical (unpaired) electrons. The fourth-order valence-corrected chi connectivity index (χ4v) is 3.86. The summed E-state index contributed by atoms with van der Waals surface area (Å²) in [7, 11) is 0. The number of rotatable bonds is 7. The number of benzene rings is 3. The van der Waals surface area contributed by atoms with Gasteiger partial charge >= 0.3 is 6.16 Å². The lowest BCUT2D eigenvalue weighted by Gasteiger charge is -2.20. The Hall–Kier alpha value is -4.81. The van der Waals surface area contributed by atoms with Crippen molar-refractivity contribution in [2.75, 3.05) is 5.32 Å². The van der Waals surface area contributed by atoms with E-state index in [4.69, 9.17) is 26.2 Å². The maximum absolute atomic E-state index is 12.8. The van der Waals surface area contributed by atoms with Gasteiger partial charge in [-0.3, -0.25) is 19.2 Å². The second kappa shape index (κ2) is 16.0. The number of aromatic nitrogens is 1. The van der Waals surface area contributed by atoms with Crippen molar-refractivity contribution in [1.29, 1.82) is 0 Å². The number of anilines is 1. The minimum Gasteiger partial charge on any atom is -0.483 e. The van der Waals surface area contributed by atoms with Crippen molar-refractivity contribution in [3.63, 3.8) is 0 Å². The summed E-state index contributed by atoms with van der Waals surface area (Å²) in [5.74, 6) is -1.26. The number of hydrogen-bond donors (Lipinski definition) is 5. The van der Waals surface area contributed by atoms with Gasteiger partial charge in [-0.1, -0.05) is 65.2 Å². The van der Waals surface area contributed by atoms with E-state index in [1.165, 1.54) is 30.7 Å². The molecular formula is C31H31ClN2O9. The lowest BCUT2D eigenvalue weighted by atomic mass is 9.97. The number of halogens is 1. The normalized spacial score (nSPS) is 10.3. The smallest absolute Gasteiger partial charge is 0.453 e. The van der Waals surface area contributed by atoms with Gasteiger partial charge in [0.1, 0.15) is 6.54 Å². The van der Waals surface area contributed by atoms with E-state index in [-0.39, 0.29) is 39.7 Å². The molecule has 0 saturated heterocycles. The first-order valence-corrected chi connectivity index (χ1v) is 13.0. The zero-order chi connectivity index (χ0) is 32.2. The Balaban J connectivity index is 0.000000549. The van der Waals surface area contributed by atoms with Gasteiger partial charge < -0.3 is 35.0 Å². The highest BCUT2D eigenvalue weighted by molar-refractivity contribution is 6.31. The molecule has 0 aliphatic rings. The number of ether oxygens (including phenoxy) is 1. The fourth-order valence-electron chi connectivity index (χ4n) is 3.69. The second-order valence-electron chi connectivity index (χ2n) is 9.11. The minimum atomic E-state index is -3.59. The number of Topliss-reactive ketones (excluding diaryl/α,β-unsaturated/α-hetero) is 1. The first-order chi connectivity index (χ1) is 20.2. The Labute approximate surface area is 252 Å². The van der Waals surface area contributed by atoms with Crippen molar-refractivity contribution in [3.05, 3.63) is 117 Å². The van der Waals surface area contributed by atoms with Crippen LogP contribution in [0.4, 0.5) is 5.69 Å². The van der Waals surface area contributed by atoms with Crippen LogP contribution >= 0.6 is 11.6 Å². The molecule has 1 amide bonds. The molecule has 1 aromatic heterocycles. The van der Waals surface area contributed by atoms with Gasteiger partial charge in [-0.25, -0.2) is 0 Å². The molecule has 5 N–H and O–H groups in total. The van der Waals surface area contributed by atoms with Crippen LogP contribution in [0, 0.1) is 13.8 Å². The monoisotopic (exact) mass is 610 g/mol. The first-order valence-electron chi connectivity index (χ1n) is 12.6. The van der Waals surface area contributed by atoms with E-state index in [0.29, 0.717) is 5.69 Å². The van der Waals surface area contributed by atoms with Crippen LogP contribution in [0.1, 0.15) is 28.4 Å². The third-order valence-electron chi connectivity index (χ3n) is 5.58. The van der Waals surface area contributed by atoms with Crippen LogP contribution in [-0.4, -0.2) is 49.3 Å². The van der Waals surface area contributed by atoms with Crippen molar-refractivity contribution in [3.8, 4) is 16.9 Å². The molecule has 226 valence electrons. The molecule has 0 fully saturated rings. The molecule has 4 aromatic rings. The van der Waals surface area contributed by atoms with Gasteiger partial charge in [0.15, 0.2) is 11.5 Å². The molecule has 0 bridgehead atoms. The van der Waals surface area contributed by atoms with Gasteiger partial charge in [0.05, 0.1) is 6.20 Å². The van der Waals surface area contributed by atoms with E-state index < -0.39 is 24.2 Å². The Morgan fingerprint density at radius 2 is 1.51 bits per heavy atom. The lowest BCUT2D eigenvalue weighted by Crippen LogP contribution is -2.36. The van der Waals surface area contributed by atoms with Crippen LogP contribution in [0.5, 0.6) is 5.75 Å². The summed E-state index contributed by atoms with van der Waals surface area (Å²) in [6, 6.07) is 22.6. The third kappa shape index (κ3) is 11.5. The number of amides is 1. The predicted molar refractivity (Wildman–Crippen MR) is 161 cm³/mol. The molecular weight excluding hydrogens is 580 g/mol. The first kappa shape index (κ1) is 34.4. The Bertz CT molecular complexity index is 1600. The summed E-state index contributed by atoms with van der Waals surface area (Å²) in [5, 5.41) is 37.9. The molecule has 0 aliphatic heterocycles. The number of aryl methyl sites for hydroxylation is 2. The van der Waals surface area contributed by atoms with Crippen LogP contribution in [0.25, 0.3) is 11.1 Å². The number of aliphatic hydroxyl groups is 3. The summed E-state index contributed by atoms with van der Waals surface area (Å²) < 4.78 is 5.74. The zero-order valence-corrected chi connectivity index (χ0v) is 24.3. The highest BCUT2D eigenvalue weighted by Gasteiger charge is 2.26. The zero-order valence-electron chi connectivity index (χ0n) is 23.5. The molecule has 3 aromatic carbocycles. The molecule has 11 nitrogen and oxygen atoms in total. The van der Waals surface area contributed by atoms with E-state index in [9.17, 15) is 29.7 Å². The average molecular weight is 611 g/mol. The van der Waals surface area contributed by atoms with Crippen LogP contribution in [0.2, 0.25) is 5.02 Å². The Morgan fingerprint density at radius 3 is 2.02 bits per heavy atom. The number of hydrogen-bond acceptors (Lipinski definition) is 8. The maximum Gasteiger partial charge on any atom is 0.453 e. The Kier molecular flexibility index (Phi) is 12.8.